The highest BCUT2D eigenvalue weighted by Gasteiger charge is 2.09. The minimum absolute atomic E-state index is 0.0137. The summed E-state index contributed by atoms with van der Waals surface area (Å²) < 4.78 is 18.4. The molecule has 0 bridgehead atoms. The number of carbonyl (C=O) groups excluding carboxylic acids is 1. The first-order chi connectivity index (χ1) is 8.66. The van der Waals surface area contributed by atoms with Crippen molar-refractivity contribution in [2.45, 2.75) is 19.9 Å². The van der Waals surface area contributed by atoms with Gasteiger partial charge >= 0.3 is 0 Å². The number of nitrogens with one attached hydrogen (secondary N) is 1. The van der Waals surface area contributed by atoms with E-state index >= 15 is 0 Å². The van der Waals surface area contributed by atoms with Crippen LogP contribution >= 0.6 is 0 Å². The predicted molar refractivity (Wildman–Crippen MR) is 63.2 cm³/mol. The number of carbonyl (C=O) groups is 1. The van der Waals surface area contributed by atoms with Crippen LogP contribution in [0.5, 0.6) is 0 Å². The van der Waals surface area contributed by atoms with E-state index in [4.69, 9.17) is 4.42 Å². The Morgan fingerprint density at radius 3 is 2.89 bits per heavy atom. The SMILES string of the molecule is Cc1ncoc1CNC(=O)Cc1ccccc1F. The summed E-state index contributed by atoms with van der Waals surface area (Å²) in [7, 11) is 0. The Kier molecular flexibility index (Phi) is 3.72. The first-order valence-electron chi connectivity index (χ1n) is 5.56. The zero-order valence-electron chi connectivity index (χ0n) is 9.94. The third-order valence-corrected chi connectivity index (χ3v) is 2.60. The van der Waals surface area contributed by atoms with Crippen LogP contribution in [0.4, 0.5) is 4.39 Å². The van der Waals surface area contributed by atoms with Gasteiger partial charge in [-0.15, -0.1) is 0 Å². The lowest BCUT2D eigenvalue weighted by Gasteiger charge is -2.04. The fraction of sp³-hybridized carbons (Fsp3) is 0.231. The molecule has 2 aromatic rings. The van der Waals surface area contributed by atoms with Crippen LogP contribution in [0.1, 0.15) is 17.0 Å². The van der Waals surface area contributed by atoms with Crippen LogP contribution in [0.2, 0.25) is 0 Å². The third-order valence-electron chi connectivity index (χ3n) is 2.60. The molecule has 94 valence electrons. The number of halogens is 1. The summed E-state index contributed by atoms with van der Waals surface area (Å²) >= 11 is 0. The van der Waals surface area contributed by atoms with Crippen LogP contribution in [0, 0.1) is 12.7 Å². The maximum atomic E-state index is 13.3. The Morgan fingerprint density at radius 1 is 1.44 bits per heavy atom. The van der Waals surface area contributed by atoms with Crippen molar-refractivity contribution in [2.75, 3.05) is 0 Å². The fourth-order valence-electron chi connectivity index (χ4n) is 1.55. The van der Waals surface area contributed by atoms with Crippen LogP contribution in [-0.2, 0) is 17.8 Å². The second kappa shape index (κ2) is 5.44. The molecule has 0 radical (unpaired) electrons. The molecule has 0 saturated carbocycles. The highest BCUT2D eigenvalue weighted by molar-refractivity contribution is 5.78. The second-order valence-corrected chi connectivity index (χ2v) is 3.91. The molecule has 18 heavy (non-hydrogen) atoms. The van der Waals surface area contributed by atoms with Crippen molar-refractivity contribution in [3.8, 4) is 0 Å². The van der Waals surface area contributed by atoms with E-state index in [2.05, 4.69) is 10.3 Å². The van der Waals surface area contributed by atoms with Crippen LogP contribution in [0.3, 0.4) is 0 Å². The molecule has 0 atom stereocenters. The molecule has 2 rings (SSSR count). The number of rotatable bonds is 4. The van der Waals surface area contributed by atoms with Crippen molar-refractivity contribution >= 4 is 5.91 Å². The van der Waals surface area contributed by atoms with Gasteiger partial charge in [0.1, 0.15) is 11.6 Å². The predicted octanol–water partition coefficient (Wildman–Crippen LogP) is 1.98. The number of benzene rings is 1. The molecule has 0 aliphatic rings. The molecule has 0 aliphatic heterocycles. The van der Waals surface area contributed by atoms with Crippen LogP contribution in [0.25, 0.3) is 0 Å². The summed E-state index contributed by atoms with van der Waals surface area (Å²) in [6, 6.07) is 6.22. The average Bonchev–Trinajstić information content (AvgIpc) is 2.75. The smallest absolute Gasteiger partial charge is 0.224 e. The molecule has 0 saturated heterocycles. The van der Waals surface area contributed by atoms with Gasteiger partial charge in [-0.25, -0.2) is 9.37 Å². The van der Waals surface area contributed by atoms with E-state index in [0.29, 0.717) is 11.3 Å². The molecule has 0 unspecified atom stereocenters. The molecular formula is C13H13FN2O2. The molecule has 0 aliphatic carbocycles. The number of aromatic nitrogens is 1. The summed E-state index contributed by atoms with van der Waals surface area (Å²) in [5.41, 5.74) is 1.12. The molecule has 1 amide bonds. The zero-order chi connectivity index (χ0) is 13.0. The van der Waals surface area contributed by atoms with Gasteiger partial charge in [-0.1, -0.05) is 18.2 Å². The fourth-order valence-corrected chi connectivity index (χ4v) is 1.55. The van der Waals surface area contributed by atoms with Gasteiger partial charge < -0.3 is 9.73 Å². The number of hydrogen-bond donors (Lipinski definition) is 1. The Labute approximate surface area is 104 Å². The van der Waals surface area contributed by atoms with Crippen molar-refractivity contribution in [3.63, 3.8) is 0 Å². The zero-order valence-corrected chi connectivity index (χ0v) is 9.94. The van der Waals surface area contributed by atoms with Gasteiger partial charge in [0.15, 0.2) is 6.39 Å². The number of nitrogens with zero attached hydrogens (tertiary/aromatic N) is 1. The summed E-state index contributed by atoms with van der Waals surface area (Å²) in [4.78, 5) is 15.5. The highest BCUT2D eigenvalue weighted by atomic mass is 19.1. The van der Waals surface area contributed by atoms with Gasteiger partial charge in [-0.2, -0.15) is 0 Å². The van der Waals surface area contributed by atoms with Gasteiger partial charge in [-0.05, 0) is 18.6 Å². The van der Waals surface area contributed by atoms with Crippen molar-refractivity contribution in [1.29, 1.82) is 0 Å². The second-order valence-electron chi connectivity index (χ2n) is 3.91. The van der Waals surface area contributed by atoms with Crippen LogP contribution in [-0.4, -0.2) is 10.9 Å². The van der Waals surface area contributed by atoms with E-state index in [1.807, 2.05) is 0 Å². The van der Waals surface area contributed by atoms with Crippen molar-refractivity contribution < 1.29 is 13.6 Å². The lowest BCUT2D eigenvalue weighted by molar-refractivity contribution is -0.120. The summed E-state index contributed by atoms with van der Waals surface area (Å²) in [6.45, 7) is 2.06. The van der Waals surface area contributed by atoms with E-state index in [1.165, 1.54) is 12.5 Å². The number of amides is 1. The maximum absolute atomic E-state index is 13.3. The number of aryl methyl sites for hydroxylation is 1. The van der Waals surface area contributed by atoms with Crippen molar-refractivity contribution in [2.24, 2.45) is 0 Å². The maximum Gasteiger partial charge on any atom is 0.224 e. The lowest BCUT2D eigenvalue weighted by Crippen LogP contribution is -2.25. The molecule has 4 nitrogen and oxygen atoms in total. The Morgan fingerprint density at radius 2 is 2.22 bits per heavy atom. The first-order valence-corrected chi connectivity index (χ1v) is 5.56. The average molecular weight is 248 g/mol. The van der Waals surface area contributed by atoms with Gasteiger partial charge in [0, 0.05) is 0 Å². The molecule has 0 fully saturated rings. The van der Waals surface area contributed by atoms with Gasteiger partial charge in [0.2, 0.25) is 5.91 Å². The van der Waals surface area contributed by atoms with Gasteiger partial charge in [-0.3, -0.25) is 4.79 Å². The molecule has 1 aromatic carbocycles. The van der Waals surface area contributed by atoms with Crippen LogP contribution < -0.4 is 5.32 Å². The molecule has 1 aromatic heterocycles. The minimum atomic E-state index is -0.372. The quantitative estimate of drug-likeness (QED) is 0.900. The largest absolute Gasteiger partial charge is 0.446 e. The lowest BCUT2D eigenvalue weighted by atomic mass is 10.1. The molecular weight excluding hydrogens is 235 g/mol. The summed E-state index contributed by atoms with van der Waals surface area (Å²) in [6.07, 6.45) is 1.34. The standard InChI is InChI=1S/C13H13FN2O2/c1-9-12(18-8-16-9)7-15-13(17)6-10-4-2-3-5-11(10)14/h2-5,8H,6-7H2,1H3,(H,15,17). The van der Waals surface area contributed by atoms with E-state index in [9.17, 15) is 9.18 Å². The van der Waals surface area contributed by atoms with Crippen molar-refractivity contribution in [1.82, 2.24) is 10.3 Å². The van der Waals surface area contributed by atoms with E-state index < -0.39 is 0 Å². The first kappa shape index (κ1) is 12.3. The Hall–Kier alpha value is -2.17. The van der Waals surface area contributed by atoms with Gasteiger partial charge in [0.05, 0.1) is 18.7 Å². The van der Waals surface area contributed by atoms with Crippen molar-refractivity contribution in [3.05, 3.63) is 53.5 Å². The van der Waals surface area contributed by atoms with Crippen LogP contribution in [0.15, 0.2) is 35.1 Å². The number of oxazole rings is 1. The Balaban J connectivity index is 1.90. The number of hydrogen-bond acceptors (Lipinski definition) is 3. The minimum Gasteiger partial charge on any atom is -0.446 e. The van der Waals surface area contributed by atoms with E-state index in [-0.39, 0.29) is 24.7 Å². The monoisotopic (exact) mass is 248 g/mol. The molecule has 1 heterocycles. The molecule has 5 heteroatoms. The highest BCUT2D eigenvalue weighted by Crippen LogP contribution is 2.08. The van der Waals surface area contributed by atoms with E-state index in [1.54, 1.807) is 25.1 Å². The molecule has 1 N–H and O–H groups in total. The van der Waals surface area contributed by atoms with E-state index in [0.717, 1.165) is 5.69 Å². The molecule has 0 spiro atoms. The third kappa shape index (κ3) is 2.94. The Bertz CT molecular complexity index is 551. The summed E-state index contributed by atoms with van der Waals surface area (Å²) in [5, 5.41) is 2.66. The van der Waals surface area contributed by atoms with Gasteiger partial charge in [0.25, 0.3) is 0 Å². The summed E-state index contributed by atoms with van der Waals surface area (Å²) in [5.74, 6) is -0.0173. The topological polar surface area (TPSA) is 55.1 Å². The normalized spacial score (nSPS) is 10.3.